The number of fused-ring (bicyclic) bond motifs is 1. The zero-order chi connectivity index (χ0) is 23.5. The van der Waals surface area contributed by atoms with E-state index in [9.17, 15) is 9.90 Å². The summed E-state index contributed by atoms with van der Waals surface area (Å²) in [6.45, 7) is 9.19. The summed E-state index contributed by atoms with van der Waals surface area (Å²) in [5.74, 6) is 1.53. The van der Waals surface area contributed by atoms with E-state index in [4.69, 9.17) is 9.47 Å². The second kappa shape index (κ2) is 9.66. The lowest BCUT2D eigenvalue weighted by Gasteiger charge is -2.36. The molecule has 0 bridgehead atoms. The number of aliphatic hydroxyl groups is 1. The van der Waals surface area contributed by atoms with Gasteiger partial charge in [-0.25, -0.2) is 14.3 Å². The van der Waals surface area contributed by atoms with E-state index >= 15 is 0 Å². The van der Waals surface area contributed by atoms with Crippen LogP contribution in [0.15, 0.2) is 36.8 Å². The molecule has 1 fully saturated rings. The van der Waals surface area contributed by atoms with Crippen LogP contribution in [0.4, 0.5) is 10.6 Å². The van der Waals surface area contributed by atoms with Crippen molar-refractivity contribution in [2.75, 3.05) is 24.6 Å². The molecule has 0 unspecified atom stereocenters. The van der Waals surface area contributed by atoms with Gasteiger partial charge in [0, 0.05) is 30.4 Å². The lowest BCUT2D eigenvalue weighted by Crippen LogP contribution is -2.54. The summed E-state index contributed by atoms with van der Waals surface area (Å²) in [5, 5.41) is 17.8. The SMILES string of the molecule is CCOc1cc(-c2ccc(N3CC[C@H](NC(=O)OC(C)C)[C@@H](O)C3)nc2)c2c(C)cnn2c1. The highest BCUT2D eigenvalue weighted by molar-refractivity contribution is 5.83. The number of amides is 1. The van der Waals surface area contributed by atoms with Gasteiger partial charge in [-0.1, -0.05) is 0 Å². The Morgan fingerprint density at radius 2 is 2.15 bits per heavy atom. The molecule has 0 saturated carbocycles. The number of nitrogens with zero attached hydrogens (tertiary/aromatic N) is 4. The fraction of sp³-hybridized carbons (Fsp3) is 0.458. The molecule has 0 radical (unpaired) electrons. The van der Waals surface area contributed by atoms with Crippen molar-refractivity contribution < 1.29 is 19.4 Å². The molecule has 0 spiro atoms. The van der Waals surface area contributed by atoms with Crippen molar-refractivity contribution >= 4 is 17.4 Å². The van der Waals surface area contributed by atoms with Gasteiger partial charge in [-0.3, -0.25) is 0 Å². The number of carbonyl (C=O) groups is 1. The molecule has 1 saturated heterocycles. The highest BCUT2D eigenvalue weighted by atomic mass is 16.6. The Labute approximate surface area is 193 Å². The number of rotatable bonds is 6. The Morgan fingerprint density at radius 1 is 1.33 bits per heavy atom. The number of carbonyl (C=O) groups excluding carboxylic acids is 1. The van der Waals surface area contributed by atoms with E-state index in [2.05, 4.69) is 15.4 Å². The quantitative estimate of drug-likeness (QED) is 0.591. The minimum absolute atomic E-state index is 0.202. The Morgan fingerprint density at radius 3 is 2.82 bits per heavy atom. The van der Waals surface area contributed by atoms with Crippen molar-refractivity contribution in [3.8, 4) is 16.9 Å². The summed E-state index contributed by atoms with van der Waals surface area (Å²) in [6, 6.07) is 5.65. The summed E-state index contributed by atoms with van der Waals surface area (Å²) in [5.41, 5.74) is 4.05. The largest absolute Gasteiger partial charge is 0.492 e. The molecule has 1 aliphatic heterocycles. The topological polar surface area (TPSA) is 101 Å². The van der Waals surface area contributed by atoms with Crippen molar-refractivity contribution in [2.45, 2.75) is 52.4 Å². The lowest BCUT2D eigenvalue weighted by atomic mass is 10.0. The lowest BCUT2D eigenvalue weighted by molar-refractivity contribution is 0.0827. The van der Waals surface area contributed by atoms with Crippen molar-refractivity contribution in [2.24, 2.45) is 0 Å². The predicted octanol–water partition coefficient (Wildman–Crippen LogP) is 3.18. The number of hydrogen-bond donors (Lipinski definition) is 2. The Kier molecular flexibility index (Phi) is 6.69. The van der Waals surface area contributed by atoms with E-state index in [1.165, 1.54) is 0 Å². The van der Waals surface area contributed by atoms with Crippen LogP contribution in [0.3, 0.4) is 0 Å². The van der Waals surface area contributed by atoms with E-state index in [1.807, 2.05) is 60.1 Å². The first-order chi connectivity index (χ1) is 15.9. The van der Waals surface area contributed by atoms with E-state index in [-0.39, 0.29) is 12.1 Å². The molecule has 2 atom stereocenters. The van der Waals surface area contributed by atoms with Crippen LogP contribution in [0.25, 0.3) is 16.6 Å². The van der Waals surface area contributed by atoms with Gasteiger partial charge in [0.15, 0.2) is 0 Å². The average molecular weight is 454 g/mol. The molecule has 3 aromatic heterocycles. The van der Waals surface area contributed by atoms with Crippen LogP contribution in [0.1, 0.15) is 32.8 Å². The second-order valence-electron chi connectivity index (χ2n) is 8.56. The van der Waals surface area contributed by atoms with Gasteiger partial charge in [0.25, 0.3) is 0 Å². The van der Waals surface area contributed by atoms with Crippen LogP contribution in [-0.4, -0.2) is 63.7 Å². The first-order valence-electron chi connectivity index (χ1n) is 11.3. The number of pyridine rings is 2. The summed E-state index contributed by atoms with van der Waals surface area (Å²) >= 11 is 0. The summed E-state index contributed by atoms with van der Waals surface area (Å²) in [7, 11) is 0. The van der Waals surface area contributed by atoms with Gasteiger partial charge >= 0.3 is 6.09 Å². The monoisotopic (exact) mass is 453 g/mol. The molecule has 1 amide bonds. The number of aliphatic hydroxyl groups excluding tert-OH is 1. The predicted molar refractivity (Wildman–Crippen MR) is 126 cm³/mol. The van der Waals surface area contributed by atoms with E-state index in [1.54, 1.807) is 13.8 Å². The molecule has 0 aromatic carbocycles. The third kappa shape index (κ3) is 5.03. The van der Waals surface area contributed by atoms with E-state index in [0.717, 1.165) is 33.8 Å². The molecule has 33 heavy (non-hydrogen) atoms. The maximum atomic E-state index is 11.9. The van der Waals surface area contributed by atoms with Gasteiger partial charge in [-0.05, 0) is 57.9 Å². The number of aryl methyl sites for hydroxylation is 1. The summed E-state index contributed by atoms with van der Waals surface area (Å²) < 4.78 is 12.7. The molecule has 9 heteroatoms. The second-order valence-corrected chi connectivity index (χ2v) is 8.56. The zero-order valence-corrected chi connectivity index (χ0v) is 19.5. The van der Waals surface area contributed by atoms with Crippen LogP contribution in [0.5, 0.6) is 5.75 Å². The number of nitrogens with one attached hydrogen (secondary N) is 1. The van der Waals surface area contributed by atoms with Gasteiger partial charge in [-0.2, -0.15) is 5.10 Å². The average Bonchev–Trinajstić information content (AvgIpc) is 3.15. The van der Waals surface area contributed by atoms with Gasteiger partial charge < -0.3 is 24.8 Å². The molecule has 2 N–H and O–H groups in total. The number of piperidine rings is 1. The minimum atomic E-state index is -0.711. The third-order valence-electron chi connectivity index (χ3n) is 5.69. The molecule has 9 nitrogen and oxygen atoms in total. The number of anilines is 1. The third-order valence-corrected chi connectivity index (χ3v) is 5.69. The molecular weight excluding hydrogens is 422 g/mol. The fourth-order valence-electron chi connectivity index (χ4n) is 4.16. The van der Waals surface area contributed by atoms with Crippen LogP contribution >= 0.6 is 0 Å². The standard InChI is InChI=1S/C24H31N5O4/c1-5-32-18-10-19(23-16(4)11-26-29(23)13-18)17-6-7-22(25-12-17)28-9-8-20(21(30)14-28)27-24(31)33-15(2)3/h6-7,10-13,15,20-21,30H,5,8-9,14H2,1-4H3,(H,27,31)/t20-,21-/m0/s1. The number of aromatic nitrogens is 3. The highest BCUT2D eigenvalue weighted by Gasteiger charge is 2.30. The van der Waals surface area contributed by atoms with Crippen LogP contribution < -0.4 is 15.0 Å². The molecule has 176 valence electrons. The minimum Gasteiger partial charge on any atom is -0.492 e. The first-order valence-corrected chi connectivity index (χ1v) is 11.3. The van der Waals surface area contributed by atoms with Gasteiger partial charge in [0.1, 0.15) is 11.6 Å². The Hall–Kier alpha value is -3.33. The number of ether oxygens (including phenoxy) is 2. The first kappa shape index (κ1) is 22.8. The zero-order valence-electron chi connectivity index (χ0n) is 19.5. The molecule has 4 rings (SSSR count). The van der Waals surface area contributed by atoms with Crippen LogP contribution in [0, 0.1) is 6.92 Å². The number of β-amino-alcohol motifs (C(OH)–C–C–N with tert-alkyl or cyclic N) is 1. The maximum Gasteiger partial charge on any atom is 0.407 e. The summed E-state index contributed by atoms with van der Waals surface area (Å²) in [4.78, 5) is 18.6. The molecule has 1 aliphatic rings. The van der Waals surface area contributed by atoms with Crippen molar-refractivity contribution in [3.05, 3.63) is 42.4 Å². The normalized spacial score (nSPS) is 18.5. The van der Waals surface area contributed by atoms with Crippen molar-refractivity contribution in [1.82, 2.24) is 19.9 Å². The Balaban J connectivity index is 1.50. The van der Waals surface area contributed by atoms with Crippen LogP contribution in [0.2, 0.25) is 0 Å². The van der Waals surface area contributed by atoms with Gasteiger partial charge in [-0.15, -0.1) is 0 Å². The van der Waals surface area contributed by atoms with Crippen LogP contribution in [-0.2, 0) is 4.74 Å². The smallest absolute Gasteiger partial charge is 0.407 e. The molecule has 4 heterocycles. The molecular formula is C24H31N5O4. The summed E-state index contributed by atoms with van der Waals surface area (Å²) in [6.07, 6.45) is 4.75. The number of hydrogen-bond acceptors (Lipinski definition) is 7. The molecule has 0 aliphatic carbocycles. The van der Waals surface area contributed by atoms with Gasteiger partial charge in [0.2, 0.25) is 0 Å². The van der Waals surface area contributed by atoms with E-state index < -0.39 is 12.2 Å². The number of alkyl carbamates (subject to hydrolysis) is 1. The Bertz CT molecular complexity index is 1110. The van der Waals surface area contributed by atoms with E-state index in [0.29, 0.717) is 26.1 Å². The molecule has 3 aromatic rings. The maximum absolute atomic E-state index is 11.9. The van der Waals surface area contributed by atoms with Crippen molar-refractivity contribution in [3.63, 3.8) is 0 Å². The fourth-order valence-corrected chi connectivity index (χ4v) is 4.16. The van der Waals surface area contributed by atoms with Crippen molar-refractivity contribution in [1.29, 1.82) is 0 Å². The van der Waals surface area contributed by atoms with Gasteiger partial charge in [0.05, 0.1) is 42.8 Å². The highest BCUT2D eigenvalue weighted by Crippen LogP contribution is 2.31.